The number of imidazole rings is 1. The second-order valence-electron chi connectivity index (χ2n) is 7.00. The zero-order valence-corrected chi connectivity index (χ0v) is 16.0. The fourth-order valence-electron chi connectivity index (χ4n) is 3.43. The van der Waals surface area contributed by atoms with E-state index in [2.05, 4.69) is 25.5 Å². The lowest BCUT2D eigenvalue weighted by Gasteiger charge is -2.16. The number of amides is 1. The summed E-state index contributed by atoms with van der Waals surface area (Å²) in [5, 5.41) is 10.1. The molecule has 3 N–H and O–H groups in total. The van der Waals surface area contributed by atoms with Crippen molar-refractivity contribution >= 4 is 16.9 Å². The number of aromatic amines is 2. The number of carbonyl (C=O) groups excluding carboxylic acids is 1. The summed E-state index contributed by atoms with van der Waals surface area (Å²) >= 11 is 0. The normalized spacial score (nSPS) is 12.1. The number of fused-ring (bicyclic) bond motifs is 1. The topological polar surface area (TPSA) is 99.6 Å². The number of para-hydroxylation sites is 2. The van der Waals surface area contributed by atoms with E-state index in [-0.39, 0.29) is 17.6 Å². The molecule has 1 atom stereocenters. The van der Waals surface area contributed by atoms with Crippen LogP contribution < -0.4 is 5.32 Å². The van der Waals surface area contributed by atoms with Gasteiger partial charge in [-0.1, -0.05) is 42.5 Å². The summed E-state index contributed by atoms with van der Waals surface area (Å²) in [5.41, 5.74) is 3.82. The summed E-state index contributed by atoms with van der Waals surface area (Å²) in [7, 11) is 0. The highest BCUT2D eigenvalue weighted by molar-refractivity contribution is 5.93. The number of furan rings is 1. The molecule has 3 aromatic heterocycles. The molecule has 7 heteroatoms. The van der Waals surface area contributed by atoms with E-state index in [0.717, 1.165) is 16.6 Å². The largest absolute Gasteiger partial charge is 0.463 e. The van der Waals surface area contributed by atoms with Crippen LogP contribution in [0.5, 0.6) is 0 Å². The van der Waals surface area contributed by atoms with Gasteiger partial charge < -0.3 is 14.7 Å². The summed E-state index contributed by atoms with van der Waals surface area (Å²) < 4.78 is 5.36. The molecule has 0 aliphatic carbocycles. The minimum atomic E-state index is -0.337. The molecule has 0 saturated carbocycles. The van der Waals surface area contributed by atoms with E-state index in [1.807, 2.05) is 60.7 Å². The Morgan fingerprint density at radius 2 is 1.87 bits per heavy atom. The van der Waals surface area contributed by atoms with Gasteiger partial charge in [-0.05, 0) is 36.2 Å². The predicted molar refractivity (Wildman–Crippen MR) is 113 cm³/mol. The van der Waals surface area contributed by atoms with Crippen molar-refractivity contribution in [1.29, 1.82) is 0 Å². The van der Waals surface area contributed by atoms with Crippen molar-refractivity contribution < 1.29 is 9.21 Å². The third kappa shape index (κ3) is 3.60. The quantitative estimate of drug-likeness (QED) is 0.399. The van der Waals surface area contributed by atoms with Crippen LogP contribution in [-0.2, 0) is 6.42 Å². The molecule has 3 heterocycles. The number of benzene rings is 2. The van der Waals surface area contributed by atoms with E-state index in [4.69, 9.17) is 4.42 Å². The van der Waals surface area contributed by atoms with Gasteiger partial charge in [-0.15, -0.1) is 0 Å². The molecule has 148 valence electrons. The molecule has 1 unspecified atom stereocenters. The molecule has 0 bridgehead atoms. The van der Waals surface area contributed by atoms with Gasteiger partial charge in [-0.3, -0.25) is 9.89 Å². The van der Waals surface area contributed by atoms with Gasteiger partial charge in [0.1, 0.15) is 11.5 Å². The molecule has 0 spiro atoms. The van der Waals surface area contributed by atoms with E-state index in [0.29, 0.717) is 23.7 Å². The lowest BCUT2D eigenvalue weighted by molar-refractivity contribution is 0.0930. The van der Waals surface area contributed by atoms with Crippen molar-refractivity contribution in [3.8, 4) is 11.5 Å². The average molecular weight is 397 g/mol. The molecule has 0 aliphatic rings. The number of hydrogen-bond acceptors (Lipinski definition) is 4. The molecular formula is C23H19N5O2. The molecule has 7 nitrogen and oxygen atoms in total. The number of nitrogens with zero attached hydrogens (tertiary/aromatic N) is 2. The van der Waals surface area contributed by atoms with Crippen LogP contribution in [0.2, 0.25) is 0 Å². The van der Waals surface area contributed by atoms with Gasteiger partial charge in [0.15, 0.2) is 11.5 Å². The fourth-order valence-corrected chi connectivity index (χ4v) is 3.43. The van der Waals surface area contributed by atoms with Gasteiger partial charge in [-0.25, -0.2) is 4.98 Å². The minimum Gasteiger partial charge on any atom is -0.463 e. The van der Waals surface area contributed by atoms with Crippen LogP contribution in [0.3, 0.4) is 0 Å². The van der Waals surface area contributed by atoms with Crippen LogP contribution in [0.4, 0.5) is 0 Å². The maximum Gasteiger partial charge on any atom is 0.272 e. The zero-order valence-electron chi connectivity index (χ0n) is 16.0. The highest BCUT2D eigenvalue weighted by Gasteiger charge is 2.22. The molecule has 0 fully saturated rings. The van der Waals surface area contributed by atoms with Gasteiger partial charge in [0, 0.05) is 6.07 Å². The molecule has 1 amide bonds. The lowest BCUT2D eigenvalue weighted by atomic mass is 10.1. The maximum atomic E-state index is 13.0. The van der Waals surface area contributed by atoms with Crippen LogP contribution in [0.25, 0.3) is 22.5 Å². The van der Waals surface area contributed by atoms with Crippen molar-refractivity contribution in [2.45, 2.75) is 12.5 Å². The summed E-state index contributed by atoms with van der Waals surface area (Å²) in [6, 6.07) is 22.7. The van der Waals surface area contributed by atoms with Gasteiger partial charge in [-0.2, -0.15) is 5.10 Å². The Morgan fingerprint density at radius 3 is 2.67 bits per heavy atom. The Kier molecular flexibility index (Phi) is 4.61. The van der Waals surface area contributed by atoms with Gasteiger partial charge in [0.05, 0.1) is 23.3 Å². The summed E-state index contributed by atoms with van der Waals surface area (Å²) in [6.45, 7) is 0. The molecule has 2 aromatic carbocycles. The molecule has 0 radical (unpaired) electrons. The first-order chi connectivity index (χ1) is 14.8. The van der Waals surface area contributed by atoms with Crippen LogP contribution in [0.15, 0.2) is 83.5 Å². The maximum absolute atomic E-state index is 13.0. The second-order valence-corrected chi connectivity index (χ2v) is 7.00. The molecule has 0 aliphatic heterocycles. The fraction of sp³-hybridized carbons (Fsp3) is 0.0870. The van der Waals surface area contributed by atoms with Crippen LogP contribution >= 0.6 is 0 Å². The second kappa shape index (κ2) is 7.71. The Labute approximate surface area is 172 Å². The van der Waals surface area contributed by atoms with E-state index in [9.17, 15) is 4.79 Å². The van der Waals surface area contributed by atoms with Gasteiger partial charge in [0.25, 0.3) is 5.91 Å². The monoisotopic (exact) mass is 397 g/mol. The molecule has 5 rings (SSSR count). The van der Waals surface area contributed by atoms with Crippen molar-refractivity contribution in [1.82, 2.24) is 25.5 Å². The highest BCUT2D eigenvalue weighted by atomic mass is 16.3. The van der Waals surface area contributed by atoms with Gasteiger partial charge in [0.2, 0.25) is 0 Å². The van der Waals surface area contributed by atoms with E-state index >= 15 is 0 Å². The number of hydrogen-bond donors (Lipinski definition) is 3. The first-order valence-corrected chi connectivity index (χ1v) is 9.65. The average Bonchev–Trinajstić information content (AvgIpc) is 3.54. The zero-order chi connectivity index (χ0) is 20.3. The number of nitrogens with one attached hydrogen (secondary N) is 3. The predicted octanol–water partition coefficient (Wildman–Crippen LogP) is 4.26. The minimum absolute atomic E-state index is 0.287. The third-order valence-electron chi connectivity index (χ3n) is 4.92. The number of H-pyrrole nitrogens is 2. The molecular weight excluding hydrogens is 378 g/mol. The molecule has 30 heavy (non-hydrogen) atoms. The molecule has 5 aromatic rings. The van der Waals surface area contributed by atoms with Gasteiger partial charge >= 0.3 is 0 Å². The SMILES string of the molecule is O=C(NC(Cc1ccccc1)c1nc2ccccc2[nH]1)c1cc(-c2ccco2)[nH]n1. The van der Waals surface area contributed by atoms with Crippen molar-refractivity contribution in [2.24, 2.45) is 0 Å². The standard InChI is InChI=1S/C23H19N5O2/c29-23(20-14-18(27-28-20)21-11-6-12-30-21)26-19(13-15-7-2-1-3-8-15)22-24-16-9-4-5-10-17(16)25-22/h1-12,14,19H,13H2,(H,24,25)(H,26,29)(H,27,28). The van der Waals surface area contributed by atoms with Crippen LogP contribution in [0.1, 0.15) is 27.9 Å². The molecule has 0 saturated heterocycles. The number of carbonyl (C=O) groups is 1. The Balaban J connectivity index is 1.43. The summed E-state index contributed by atoms with van der Waals surface area (Å²) in [5.74, 6) is 1.04. The smallest absolute Gasteiger partial charge is 0.272 e. The Hall–Kier alpha value is -4.13. The highest BCUT2D eigenvalue weighted by Crippen LogP contribution is 2.22. The summed E-state index contributed by atoms with van der Waals surface area (Å²) in [6.07, 6.45) is 2.18. The number of aromatic nitrogens is 4. The van der Waals surface area contributed by atoms with E-state index in [1.165, 1.54) is 0 Å². The Bertz CT molecular complexity index is 1240. The van der Waals surface area contributed by atoms with Crippen molar-refractivity contribution in [3.63, 3.8) is 0 Å². The van der Waals surface area contributed by atoms with E-state index < -0.39 is 0 Å². The Morgan fingerprint density at radius 1 is 1.03 bits per heavy atom. The third-order valence-corrected chi connectivity index (χ3v) is 4.92. The van der Waals surface area contributed by atoms with Crippen molar-refractivity contribution in [3.05, 3.63) is 96.1 Å². The summed E-state index contributed by atoms with van der Waals surface area (Å²) in [4.78, 5) is 21.0. The van der Waals surface area contributed by atoms with E-state index in [1.54, 1.807) is 18.4 Å². The lowest BCUT2D eigenvalue weighted by Crippen LogP contribution is -2.31. The van der Waals surface area contributed by atoms with Crippen LogP contribution in [0, 0.1) is 0 Å². The first-order valence-electron chi connectivity index (χ1n) is 9.65. The van der Waals surface area contributed by atoms with Crippen molar-refractivity contribution in [2.75, 3.05) is 0 Å². The first kappa shape index (κ1) is 17.9. The number of rotatable bonds is 6. The van der Waals surface area contributed by atoms with Crippen LogP contribution in [-0.4, -0.2) is 26.1 Å².